The Balaban J connectivity index is 1.60. The van der Waals surface area contributed by atoms with E-state index in [2.05, 4.69) is 15.3 Å². The first-order valence-corrected chi connectivity index (χ1v) is 9.36. The van der Waals surface area contributed by atoms with Crippen LogP contribution in [0, 0.1) is 0 Å². The van der Waals surface area contributed by atoms with Crippen LogP contribution in [0.1, 0.15) is 21.6 Å². The number of benzene rings is 1. The molecule has 0 aliphatic carbocycles. The van der Waals surface area contributed by atoms with E-state index in [-0.39, 0.29) is 18.9 Å². The summed E-state index contributed by atoms with van der Waals surface area (Å²) in [6.45, 7) is 0.282. The van der Waals surface area contributed by atoms with Gasteiger partial charge in [0.2, 0.25) is 5.91 Å². The zero-order valence-electron chi connectivity index (χ0n) is 15.5. The zero-order valence-corrected chi connectivity index (χ0v) is 16.3. The highest BCUT2D eigenvalue weighted by molar-refractivity contribution is 7.13. The van der Waals surface area contributed by atoms with Gasteiger partial charge in [-0.1, -0.05) is 12.1 Å². The number of carbonyl (C=O) groups excluding carboxylic acids is 2. The van der Waals surface area contributed by atoms with Crippen molar-refractivity contribution >= 4 is 23.2 Å². The second-order valence-corrected chi connectivity index (χ2v) is 6.70. The number of ether oxygens (including phenoxy) is 2. The van der Waals surface area contributed by atoms with Crippen LogP contribution >= 0.6 is 11.3 Å². The number of esters is 1. The first-order chi connectivity index (χ1) is 13.6. The molecular weight excluding hydrogens is 378 g/mol. The summed E-state index contributed by atoms with van der Waals surface area (Å²) in [4.78, 5) is 32.8. The fourth-order valence-electron chi connectivity index (χ4n) is 2.56. The lowest BCUT2D eigenvalue weighted by atomic mass is 10.1. The second-order valence-electron chi connectivity index (χ2n) is 5.84. The number of amides is 1. The van der Waals surface area contributed by atoms with Crippen LogP contribution in [0.3, 0.4) is 0 Å². The largest absolute Gasteiger partial charge is 0.496 e. The molecule has 1 amide bonds. The van der Waals surface area contributed by atoms with Crippen LogP contribution in [0.15, 0.2) is 48.0 Å². The first kappa shape index (κ1) is 19.5. The van der Waals surface area contributed by atoms with Crippen molar-refractivity contribution in [2.75, 3.05) is 14.2 Å². The molecule has 144 valence electrons. The van der Waals surface area contributed by atoms with Gasteiger partial charge in [-0.2, -0.15) is 0 Å². The Morgan fingerprint density at radius 1 is 1.18 bits per heavy atom. The summed E-state index contributed by atoms with van der Waals surface area (Å²) in [5.41, 5.74) is 2.55. The highest BCUT2D eigenvalue weighted by atomic mass is 32.1. The third kappa shape index (κ3) is 4.72. The van der Waals surface area contributed by atoms with Crippen molar-refractivity contribution in [1.82, 2.24) is 15.3 Å². The number of nitrogens with zero attached hydrogens (tertiary/aromatic N) is 2. The van der Waals surface area contributed by atoms with Crippen molar-refractivity contribution in [2.24, 2.45) is 0 Å². The van der Waals surface area contributed by atoms with Gasteiger partial charge >= 0.3 is 5.97 Å². The van der Waals surface area contributed by atoms with E-state index in [4.69, 9.17) is 9.47 Å². The van der Waals surface area contributed by atoms with Crippen molar-refractivity contribution in [3.05, 3.63) is 64.8 Å². The third-order valence-corrected chi connectivity index (χ3v) is 4.85. The van der Waals surface area contributed by atoms with E-state index >= 15 is 0 Å². The molecule has 0 radical (unpaired) electrons. The summed E-state index contributed by atoms with van der Waals surface area (Å²) in [5, 5.41) is 5.47. The van der Waals surface area contributed by atoms with Gasteiger partial charge in [0.25, 0.3) is 0 Å². The lowest BCUT2D eigenvalue weighted by Crippen LogP contribution is -2.24. The van der Waals surface area contributed by atoms with Gasteiger partial charge in [-0.25, -0.2) is 9.78 Å². The summed E-state index contributed by atoms with van der Waals surface area (Å²) in [6, 6.07) is 10.7. The molecule has 0 spiro atoms. The number of pyridine rings is 1. The molecule has 0 atom stereocenters. The van der Waals surface area contributed by atoms with E-state index in [0.29, 0.717) is 17.0 Å². The first-order valence-electron chi connectivity index (χ1n) is 8.48. The quantitative estimate of drug-likeness (QED) is 0.617. The summed E-state index contributed by atoms with van der Waals surface area (Å²) in [6.07, 6.45) is 1.88. The minimum atomic E-state index is -0.491. The number of rotatable bonds is 7. The van der Waals surface area contributed by atoms with E-state index in [9.17, 15) is 9.59 Å². The van der Waals surface area contributed by atoms with Crippen molar-refractivity contribution in [3.8, 4) is 16.5 Å². The van der Waals surface area contributed by atoms with E-state index < -0.39 is 5.97 Å². The molecular formula is C20H19N3O4S. The number of carbonyl (C=O) groups is 2. The zero-order chi connectivity index (χ0) is 19.9. The summed E-state index contributed by atoms with van der Waals surface area (Å²) < 4.78 is 9.92. The van der Waals surface area contributed by atoms with E-state index in [1.807, 2.05) is 23.6 Å². The van der Waals surface area contributed by atoms with Crippen LogP contribution in [-0.4, -0.2) is 36.1 Å². The van der Waals surface area contributed by atoms with Crippen LogP contribution in [0.5, 0.6) is 5.75 Å². The molecule has 1 aromatic carbocycles. The maximum absolute atomic E-state index is 12.3. The fourth-order valence-corrected chi connectivity index (χ4v) is 3.35. The van der Waals surface area contributed by atoms with Crippen molar-refractivity contribution in [3.63, 3.8) is 0 Å². The van der Waals surface area contributed by atoms with E-state index in [0.717, 1.165) is 16.3 Å². The highest BCUT2D eigenvalue weighted by Crippen LogP contribution is 2.22. The Labute approximate surface area is 166 Å². The number of methoxy groups -OCH3 is 2. The highest BCUT2D eigenvalue weighted by Gasteiger charge is 2.14. The molecule has 1 N–H and O–H groups in total. The van der Waals surface area contributed by atoms with Gasteiger partial charge in [-0.05, 0) is 29.8 Å². The van der Waals surface area contributed by atoms with Crippen LogP contribution in [0.4, 0.5) is 0 Å². The van der Waals surface area contributed by atoms with E-state index in [1.165, 1.54) is 25.6 Å². The average Bonchev–Trinajstić information content (AvgIpc) is 3.20. The topological polar surface area (TPSA) is 90.4 Å². The normalized spacial score (nSPS) is 10.4. The number of nitrogens with one attached hydrogen (secondary N) is 1. The number of aromatic nitrogens is 2. The molecule has 3 aromatic rings. The number of thiazole rings is 1. The van der Waals surface area contributed by atoms with Crippen LogP contribution < -0.4 is 10.1 Å². The molecule has 0 unspecified atom stereocenters. The van der Waals surface area contributed by atoms with Crippen molar-refractivity contribution in [2.45, 2.75) is 13.0 Å². The molecule has 0 fully saturated rings. The fraction of sp³-hybridized carbons (Fsp3) is 0.200. The summed E-state index contributed by atoms with van der Waals surface area (Å²) in [5.74, 6) is -0.227. The predicted molar refractivity (Wildman–Crippen MR) is 105 cm³/mol. The Bertz CT molecular complexity index is 973. The molecule has 0 bridgehead atoms. The minimum absolute atomic E-state index is 0.159. The van der Waals surface area contributed by atoms with Crippen LogP contribution in [0.2, 0.25) is 0 Å². The minimum Gasteiger partial charge on any atom is -0.496 e. The van der Waals surface area contributed by atoms with Gasteiger partial charge in [0, 0.05) is 18.1 Å². The predicted octanol–water partition coefficient (Wildman–Crippen LogP) is 2.86. The van der Waals surface area contributed by atoms with E-state index in [1.54, 1.807) is 24.4 Å². The second kappa shape index (κ2) is 9.09. The Morgan fingerprint density at radius 3 is 2.75 bits per heavy atom. The molecule has 2 aromatic heterocycles. The van der Waals surface area contributed by atoms with Crippen molar-refractivity contribution in [1.29, 1.82) is 0 Å². The Hall–Kier alpha value is -3.26. The monoisotopic (exact) mass is 397 g/mol. The molecule has 3 rings (SSSR count). The van der Waals surface area contributed by atoms with Gasteiger partial charge in [0.05, 0.1) is 32.0 Å². The van der Waals surface area contributed by atoms with Crippen LogP contribution in [0.25, 0.3) is 10.7 Å². The molecule has 0 saturated heterocycles. The van der Waals surface area contributed by atoms with Crippen molar-refractivity contribution < 1.29 is 19.1 Å². The molecule has 7 nitrogen and oxygen atoms in total. The van der Waals surface area contributed by atoms with Gasteiger partial charge in [0.15, 0.2) is 0 Å². The smallest absolute Gasteiger partial charge is 0.341 e. The number of hydrogen-bond donors (Lipinski definition) is 1. The lowest BCUT2D eigenvalue weighted by Gasteiger charge is -2.10. The molecule has 0 aliphatic heterocycles. The Morgan fingerprint density at radius 2 is 2.04 bits per heavy atom. The average molecular weight is 397 g/mol. The SMILES string of the molecule is COC(=O)c1cc(CNC(=O)Cc2csc(-c3ccccn3)n2)ccc1OC. The molecule has 0 saturated carbocycles. The summed E-state index contributed by atoms with van der Waals surface area (Å²) >= 11 is 1.45. The maximum atomic E-state index is 12.3. The molecule has 8 heteroatoms. The Kier molecular flexibility index (Phi) is 6.33. The summed E-state index contributed by atoms with van der Waals surface area (Å²) in [7, 11) is 2.79. The van der Waals surface area contributed by atoms with Gasteiger partial charge in [-0.15, -0.1) is 11.3 Å². The van der Waals surface area contributed by atoms with Gasteiger partial charge < -0.3 is 14.8 Å². The third-order valence-electron chi connectivity index (χ3n) is 3.94. The lowest BCUT2D eigenvalue weighted by molar-refractivity contribution is -0.120. The maximum Gasteiger partial charge on any atom is 0.341 e. The molecule has 28 heavy (non-hydrogen) atoms. The number of hydrogen-bond acceptors (Lipinski definition) is 7. The van der Waals surface area contributed by atoms with Crippen LogP contribution in [-0.2, 0) is 22.5 Å². The standard InChI is InChI=1S/C20H19N3O4S/c1-26-17-7-6-13(9-15(17)20(25)27-2)11-22-18(24)10-14-12-28-19(23-14)16-5-3-4-8-21-16/h3-9,12H,10-11H2,1-2H3,(H,22,24). The van der Waals surface area contributed by atoms with Gasteiger partial charge in [0.1, 0.15) is 16.3 Å². The van der Waals surface area contributed by atoms with Gasteiger partial charge in [-0.3, -0.25) is 9.78 Å². The molecule has 2 heterocycles. The molecule has 0 aliphatic rings.